The van der Waals surface area contributed by atoms with Gasteiger partial charge < -0.3 is 10.5 Å². The van der Waals surface area contributed by atoms with Gasteiger partial charge in [0.25, 0.3) is 11.8 Å². The van der Waals surface area contributed by atoms with E-state index in [1.54, 1.807) is 0 Å². The number of hydrogen-bond donors (Lipinski definition) is 2. The number of rotatable bonds is 7. The van der Waals surface area contributed by atoms with Crippen LogP contribution >= 0.6 is 0 Å². The third kappa shape index (κ3) is 5.52. The first kappa shape index (κ1) is 31.3. The zero-order valence-electron chi connectivity index (χ0n) is 26.7. The van der Waals surface area contributed by atoms with Gasteiger partial charge in [-0.25, -0.2) is 19.0 Å². The van der Waals surface area contributed by atoms with Crippen LogP contribution in [-0.4, -0.2) is 72.3 Å². The average Bonchev–Trinajstić information content (AvgIpc) is 3.62. The van der Waals surface area contributed by atoms with Crippen LogP contribution in [0.5, 0.6) is 11.5 Å². The average molecular weight is 675 g/mol. The molecule has 2 saturated heterocycles. The molecule has 4 amide bonds. The Morgan fingerprint density at radius 1 is 0.940 bits per heavy atom. The van der Waals surface area contributed by atoms with Gasteiger partial charge in [0.15, 0.2) is 5.65 Å². The quantitative estimate of drug-likeness (QED) is 0.239. The Bertz CT molecular complexity index is 2190. The van der Waals surface area contributed by atoms with Crippen molar-refractivity contribution in [2.75, 3.05) is 18.8 Å². The number of carbonyl (C=O) groups is 4. The summed E-state index contributed by atoms with van der Waals surface area (Å²) in [6.07, 6.45) is 3.03. The maximum atomic E-state index is 15.5. The lowest BCUT2D eigenvalue weighted by atomic mass is 10.0. The maximum absolute atomic E-state index is 15.5. The number of nitrogens with zero attached hydrogens (tertiary/aromatic N) is 6. The molecule has 8 rings (SSSR count). The number of anilines is 1. The molecule has 5 heterocycles. The molecule has 0 aliphatic carbocycles. The lowest BCUT2D eigenvalue weighted by molar-refractivity contribution is -0.136. The Morgan fingerprint density at radius 3 is 2.50 bits per heavy atom. The molecule has 2 fully saturated rings. The molecular formula is C36H31FN8O5. The van der Waals surface area contributed by atoms with Crippen molar-refractivity contribution in [2.45, 2.75) is 44.3 Å². The van der Waals surface area contributed by atoms with Crippen LogP contribution in [0, 0.1) is 5.82 Å². The van der Waals surface area contributed by atoms with Crippen molar-refractivity contribution >= 4 is 40.5 Å². The number of hydrogen-bond acceptors (Lipinski definition) is 10. The lowest BCUT2D eigenvalue weighted by Gasteiger charge is -2.33. The number of benzene rings is 3. The predicted octanol–water partition coefficient (Wildman–Crippen LogP) is 4.25. The molecule has 2 atom stereocenters. The molecule has 3 aromatic carbocycles. The number of nitrogens with one attached hydrogen (secondary N) is 1. The smallest absolute Gasteiger partial charge is 0.265 e. The fourth-order valence-corrected chi connectivity index (χ4v) is 7.08. The summed E-state index contributed by atoms with van der Waals surface area (Å²) < 4.78 is 23.3. The van der Waals surface area contributed by atoms with Crippen molar-refractivity contribution in [1.82, 2.24) is 34.9 Å². The molecule has 0 radical (unpaired) electrons. The summed E-state index contributed by atoms with van der Waals surface area (Å²) in [6, 6.07) is 18.6. The SMILES string of the molecule is Nc1ncnc2c1c(-c1ccc(Oc3ccccc3)cc1)nn2C1CCCN(Cc2cc(F)c3c(c2)C(=O)N(C2CCC(=O)NC2=O)C3=O)C1. The van der Waals surface area contributed by atoms with E-state index in [0.29, 0.717) is 46.9 Å². The van der Waals surface area contributed by atoms with E-state index < -0.39 is 35.5 Å². The van der Waals surface area contributed by atoms with Crippen LogP contribution in [0.15, 0.2) is 73.1 Å². The van der Waals surface area contributed by atoms with Crippen LogP contribution in [0.25, 0.3) is 22.3 Å². The van der Waals surface area contributed by atoms with Gasteiger partial charge in [-0.15, -0.1) is 0 Å². The number of fused-ring (bicyclic) bond motifs is 2. The Kier molecular flexibility index (Phi) is 7.79. The Morgan fingerprint density at radius 2 is 1.72 bits per heavy atom. The van der Waals surface area contributed by atoms with Crippen LogP contribution < -0.4 is 15.8 Å². The van der Waals surface area contributed by atoms with E-state index in [2.05, 4.69) is 20.2 Å². The van der Waals surface area contributed by atoms with Gasteiger partial charge in [-0.2, -0.15) is 5.10 Å². The van der Waals surface area contributed by atoms with E-state index in [4.69, 9.17) is 15.6 Å². The summed E-state index contributed by atoms with van der Waals surface area (Å²) in [6.45, 7) is 1.58. The minimum absolute atomic E-state index is 0.00580. The van der Waals surface area contributed by atoms with Gasteiger partial charge in [-0.05, 0) is 79.9 Å². The third-order valence-electron chi connectivity index (χ3n) is 9.41. The summed E-state index contributed by atoms with van der Waals surface area (Å²) in [5.74, 6) is -1.95. The summed E-state index contributed by atoms with van der Waals surface area (Å²) in [5, 5.41) is 7.81. The minimum Gasteiger partial charge on any atom is -0.457 e. The zero-order valence-corrected chi connectivity index (χ0v) is 26.7. The molecule has 0 bridgehead atoms. The van der Waals surface area contributed by atoms with Gasteiger partial charge in [0.1, 0.15) is 41.2 Å². The number of likely N-dealkylation sites (tertiary alicyclic amines) is 1. The van der Waals surface area contributed by atoms with Gasteiger partial charge in [0, 0.05) is 25.1 Å². The Balaban J connectivity index is 1.03. The van der Waals surface area contributed by atoms with Gasteiger partial charge >= 0.3 is 0 Å². The molecule has 2 unspecified atom stereocenters. The van der Waals surface area contributed by atoms with E-state index >= 15 is 4.39 Å². The van der Waals surface area contributed by atoms with Crippen LogP contribution in [-0.2, 0) is 16.1 Å². The fraction of sp³-hybridized carbons (Fsp3) is 0.250. The maximum Gasteiger partial charge on any atom is 0.265 e. The zero-order chi connectivity index (χ0) is 34.5. The second-order valence-electron chi connectivity index (χ2n) is 12.7. The van der Waals surface area contributed by atoms with Gasteiger partial charge in [0.2, 0.25) is 11.8 Å². The van der Waals surface area contributed by atoms with Crippen LogP contribution in [0.3, 0.4) is 0 Å². The van der Waals surface area contributed by atoms with Crippen molar-refractivity contribution in [2.24, 2.45) is 0 Å². The highest BCUT2D eigenvalue weighted by Gasteiger charge is 2.46. The summed E-state index contributed by atoms with van der Waals surface area (Å²) >= 11 is 0. The summed E-state index contributed by atoms with van der Waals surface area (Å²) in [7, 11) is 0. The number of nitrogens with two attached hydrogens (primary N) is 1. The number of piperidine rings is 2. The first-order valence-corrected chi connectivity index (χ1v) is 16.3. The third-order valence-corrected chi connectivity index (χ3v) is 9.41. The van der Waals surface area contributed by atoms with Crippen molar-refractivity contribution in [3.05, 3.63) is 95.6 Å². The van der Waals surface area contributed by atoms with E-state index in [1.165, 1.54) is 18.5 Å². The highest BCUT2D eigenvalue weighted by atomic mass is 19.1. The number of aromatic nitrogens is 4. The van der Waals surface area contributed by atoms with E-state index in [-0.39, 0.29) is 30.0 Å². The number of carbonyl (C=O) groups excluding carboxylic acids is 4. The number of amides is 4. The van der Waals surface area contributed by atoms with Crippen LogP contribution in [0.1, 0.15) is 58.0 Å². The fourth-order valence-electron chi connectivity index (χ4n) is 7.08. The molecule has 2 aromatic heterocycles. The molecule has 5 aromatic rings. The van der Waals surface area contributed by atoms with E-state index in [1.807, 2.05) is 59.3 Å². The molecular weight excluding hydrogens is 643 g/mol. The monoisotopic (exact) mass is 674 g/mol. The van der Waals surface area contributed by atoms with Crippen molar-refractivity contribution in [1.29, 1.82) is 0 Å². The molecule has 13 nitrogen and oxygen atoms in total. The normalized spacial score (nSPS) is 19.6. The first-order chi connectivity index (χ1) is 24.2. The van der Waals surface area contributed by atoms with Crippen molar-refractivity contribution in [3.8, 4) is 22.8 Å². The summed E-state index contributed by atoms with van der Waals surface area (Å²) in [4.78, 5) is 62.3. The molecule has 3 aliphatic heterocycles. The highest BCUT2D eigenvalue weighted by Crippen LogP contribution is 2.36. The predicted molar refractivity (Wildman–Crippen MR) is 178 cm³/mol. The number of ether oxygens (including phenoxy) is 1. The van der Waals surface area contributed by atoms with E-state index in [9.17, 15) is 19.2 Å². The Labute approximate surface area is 284 Å². The molecule has 50 heavy (non-hydrogen) atoms. The lowest BCUT2D eigenvalue weighted by Crippen LogP contribution is -2.54. The van der Waals surface area contributed by atoms with Gasteiger partial charge in [-0.1, -0.05) is 18.2 Å². The number of para-hydroxylation sites is 1. The second-order valence-corrected chi connectivity index (χ2v) is 12.7. The van der Waals surface area contributed by atoms with Crippen LogP contribution in [0.4, 0.5) is 10.2 Å². The number of nitrogen functional groups attached to an aromatic ring is 1. The largest absolute Gasteiger partial charge is 0.457 e. The summed E-state index contributed by atoms with van der Waals surface area (Å²) in [5.41, 5.74) is 8.53. The van der Waals surface area contributed by atoms with Crippen molar-refractivity contribution < 1.29 is 28.3 Å². The highest BCUT2D eigenvalue weighted by molar-refractivity contribution is 6.23. The van der Waals surface area contributed by atoms with Gasteiger partial charge in [0.05, 0.1) is 22.6 Å². The molecule has 14 heteroatoms. The number of imide groups is 2. The standard InChI is InChI=1S/C36H31FN8O5/c37-26-16-20(15-25-29(26)36(49)44(35(25)48)27-12-13-28(46)41-34(27)47)17-43-14-4-5-22(18-43)45-33-30(32(38)39-19-40-33)31(42-45)21-8-10-24(11-9-21)50-23-6-2-1-3-7-23/h1-3,6-11,15-16,19,22,27H,4-5,12-14,17-18H2,(H2,38,39,40)(H,41,46,47). The molecule has 0 spiro atoms. The molecule has 3 N–H and O–H groups in total. The topological polar surface area (TPSA) is 166 Å². The first-order valence-electron chi connectivity index (χ1n) is 16.3. The molecule has 0 saturated carbocycles. The van der Waals surface area contributed by atoms with Crippen molar-refractivity contribution in [3.63, 3.8) is 0 Å². The molecule has 252 valence electrons. The number of halogens is 1. The van der Waals surface area contributed by atoms with Crippen LogP contribution in [0.2, 0.25) is 0 Å². The Hall–Kier alpha value is -6.02. The molecule has 3 aliphatic rings. The second kappa shape index (κ2) is 12.5. The minimum atomic E-state index is -1.17. The van der Waals surface area contributed by atoms with Gasteiger partial charge in [-0.3, -0.25) is 34.3 Å². The van der Waals surface area contributed by atoms with E-state index in [0.717, 1.165) is 35.6 Å².